The first kappa shape index (κ1) is 17.5. The number of benzene rings is 1. The minimum atomic E-state index is -2.69. The Hall–Kier alpha value is -2.61. The molecule has 0 N–H and O–H groups in total. The molecule has 146 valence electrons. The maximum absolute atomic E-state index is 13.1. The van der Waals surface area contributed by atoms with Crippen LogP contribution in [-0.4, -0.2) is 50.9 Å². The average molecular weight is 384 g/mol. The Morgan fingerprint density at radius 1 is 0.964 bits per heavy atom. The number of nitrogens with zero attached hydrogens (tertiary/aromatic N) is 6. The zero-order valence-electron chi connectivity index (χ0n) is 15.5. The van der Waals surface area contributed by atoms with Gasteiger partial charge in [-0.3, -0.25) is 4.90 Å². The Kier molecular flexibility index (Phi) is 4.43. The van der Waals surface area contributed by atoms with Gasteiger partial charge in [0.2, 0.25) is 5.82 Å². The van der Waals surface area contributed by atoms with E-state index in [4.69, 9.17) is 0 Å². The number of hydrogen-bond acceptors (Lipinski definition) is 5. The number of hydrogen-bond donors (Lipinski definition) is 0. The lowest BCUT2D eigenvalue weighted by Crippen LogP contribution is -2.39. The van der Waals surface area contributed by atoms with Crippen LogP contribution in [0.2, 0.25) is 0 Å². The van der Waals surface area contributed by atoms with Gasteiger partial charge in [-0.05, 0) is 42.5 Å². The summed E-state index contributed by atoms with van der Waals surface area (Å²) >= 11 is 0. The SMILES string of the molecule is FC(F)c1nnc2ccc(N3C[C@H]4CN(Cc5ccccc5)CC[C@H]4C3)nn12. The minimum Gasteiger partial charge on any atom is -0.355 e. The van der Waals surface area contributed by atoms with E-state index in [-0.39, 0.29) is 0 Å². The molecule has 4 heterocycles. The predicted octanol–water partition coefficient (Wildman–Crippen LogP) is 3.02. The smallest absolute Gasteiger partial charge is 0.299 e. The van der Waals surface area contributed by atoms with Crippen LogP contribution in [-0.2, 0) is 6.54 Å². The van der Waals surface area contributed by atoms with E-state index in [1.807, 2.05) is 12.1 Å². The van der Waals surface area contributed by atoms with E-state index in [0.717, 1.165) is 45.0 Å². The molecule has 1 aromatic carbocycles. The van der Waals surface area contributed by atoms with Gasteiger partial charge < -0.3 is 4.90 Å². The van der Waals surface area contributed by atoms with Crippen LogP contribution in [0.25, 0.3) is 5.65 Å². The summed E-state index contributed by atoms with van der Waals surface area (Å²) in [5, 5.41) is 11.7. The monoisotopic (exact) mass is 384 g/mol. The molecule has 6 nitrogen and oxygen atoms in total. The second-order valence-electron chi connectivity index (χ2n) is 7.75. The maximum Gasteiger partial charge on any atom is 0.299 e. The van der Waals surface area contributed by atoms with Gasteiger partial charge in [0.25, 0.3) is 6.43 Å². The summed E-state index contributed by atoms with van der Waals surface area (Å²) in [6.45, 7) is 4.96. The topological polar surface area (TPSA) is 49.6 Å². The van der Waals surface area contributed by atoms with Crippen LogP contribution < -0.4 is 4.90 Å². The molecule has 2 saturated heterocycles. The number of anilines is 1. The molecular formula is C20H22F2N6. The van der Waals surface area contributed by atoms with Gasteiger partial charge in [-0.2, -0.15) is 4.52 Å². The highest BCUT2D eigenvalue weighted by atomic mass is 19.3. The molecule has 2 aliphatic heterocycles. The van der Waals surface area contributed by atoms with Crippen LogP contribution in [0.1, 0.15) is 24.2 Å². The van der Waals surface area contributed by atoms with Gasteiger partial charge in [-0.15, -0.1) is 15.3 Å². The van der Waals surface area contributed by atoms with E-state index < -0.39 is 12.2 Å². The van der Waals surface area contributed by atoms with Crippen LogP contribution in [0.3, 0.4) is 0 Å². The van der Waals surface area contributed by atoms with Gasteiger partial charge in [0.05, 0.1) is 0 Å². The van der Waals surface area contributed by atoms with E-state index >= 15 is 0 Å². The van der Waals surface area contributed by atoms with E-state index in [1.54, 1.807) is 6.07 Å². The van der Waals surface area contributed by atoms with E-state index in [9.17, 15) is 8.78 Å². The Bertz CT molecular complexity index is 960. The molecule has 2 aliphatic rings. The van der Waals surface area contributed by atoms with Crippen molar-refractivity contribution in [3.05, 3.63) is 53.9 Å². The first-order valence-corrected chi connectivity index (χ1v) is 9.69. The quantitative estimate of drug-likeness (QED) is 0.692. The van der Waals surface area contributed by atoms with Gasteiger partial charge in [0.1, 0.15) is 5.82 Å². The van der Waals surface area contributed by atoms with E-state index in [2.05, 4.69) is 49.4 Å². The molecule has 3 aromatic rings. The van der Waals surface area contributed by atoms with Crippen molar-refractivity contribution in [3.63, 3.8) is 0 Å². The van der Waals surface area contributed by atoms with Crippen LogP contribution in [0, 0.1) is 11.8 Å². The average Bonchev–Trinajstić information content (AvgIpc) is 3.32. The molecule has 2 fully saturated rings. The molecule has 0 aliphatic carbocycles. The van der Waals surface area contributed by atoms with Crippen molar-refractivity contribution >= 4 is 11.5 Å². The highest BCUT2D eigenvalue weighted by Gasteiger charge is 2.37. The molecule has 28 heavy (non-hydrogen) atoms. The van der Waals surface area contributed by atoms with E-state index in [0.29, 0.717) is 17.5 Å². The molecular weight excluding hydrogens is 362 g/mol. The van der Waals surface area contributed by atoms with Crippen molar-refractivity contribution in [1.29, 1.82) is 0 Å². The summed E-state index contributed by atoms with van der Waals surface area (Å²) in [5.41, 5.74) is 1.69. The molecule has 0 bridgehead atoms. The zero-order chi connectivity index (χ0) is 19.1. The number of fused-ring (bicyclic) bond motifs is 2. The number of piperidine rings is 1. The van der Waals surface area contributed by atoms with Crippen LogP contribution in [0.5, 0.6) is 0 Å². The minimum absolute atomic E-state index is 0.352. The third kappa shape index (κ3) is 3.22. The van der Waals surface area contributed by atoms with Crippen molar-refractivity contribution < 1.29 is 8.78 Å². The molecule has 8 heteroatoms. The summed E-state index contributed by atoms with van der Waals surface area (Å²) in [6, 6.07) is 14.1. The largest absolute Gasteiger partial charge is 0.355 e. The Balaban J connectivity index is 1.30. The Labute approximate surface area is 161 Å². The van der Waals surface area contributed by atoms with Gasteiger partial charge in [-0.25, -0.2) is 8.78 Å². The normalized spacial score (nSPS) is 22.9. The first-order chi connectivity index (χ1) is 13.7. The highest BCUT2D eigenvalue weighted by molar-refractivity contribution is 5.46. The lowest BCUT2D eigenvalue weighted by atomic mass is 9.88. The number of likely N-dealkylation sites (tertiary alicyclic amines) is 1. The van der Waals surface area contributed by atoms with Crippen LogP contribution in [0.15, 0.2) is 42.5 Å². The summed E-state index contributed by atoms with van der Waals surface area (Å²) in [5.74, 6) is 1.52. The fourth-order valence-electron chi connectivity index (χ4n) is 4.52. The van der Waals surface area contributed by atoms with Crippen molar-refractivity contribution in [3.8, 4) is 0 Å². The first-order valence-electron chi connectivity index (χ1n) is 9.69. The third-order valence-corrected chi connectivity index (χ3v) is 5.93. The summed E-state index contributed by atoms with van der Waals surface area (Å²) in [4.78, 5) is 4.74. The third-order valence-electron chi connectivity index (χ3n) is 5.93. The number of halogens is 2. The Morgan fingerprint density at radius 2 is 1.79 bits per heavy atom. The second kappa shape index (κ2) is 7.09. The summed E-state index contributed by atoms with van der Waals surface area (Å²) in [7, 11) is 0. The van der Waals surface area contributed by atoms with E-state index in [1.165, 1.54) is 10.1 Å². The zero-order valence-corrected chi connectivity index (χ0v) is 15.5. The van der Waals surface area contributed by atoms with Crippen molar-refractivity contribution in [2.24, 2.45) is 11.8 Å². The predicted molar refractivity (Wildman–Crippen MR) is 101 cm³/mol. The molecule has 5 rings (SSSR count). The molecule has 0 amide bonds. The fraction of sp³-hybridized carbons (Fsp3) is 0.450. The van der Waals surface area contributed by atoms with Crippen LogP contribution in [0.4, 0.5) is 14.6 Å². The van der Waals surface area contributed by atoms with Gasteiger partial charge >= 0.3 is 0 Å². The van der Waals surface area contributed by atoms with Crippen molar-refractivity contribution in [2.75, 3.05) is 31.1 Å². The molecule has 2 atom stereocenters. The summed E-state index contributed by atoms with van der Waals surface area (Å²) < 4.78 is 27.4. The lowest BCUT2D eigenvalue weighted by molar-refractivity contribution is 0.137. The van der Waals surface area contributed by atoms with Crippen LogP contribution >= 0.6 is 0 Å². The maximum atomic E-state index is 13.1. The van der Waals surface area contributed by atoms with Crippen molar-refractivity contribution in [2.45, 2.75) is 19.4 Å². The lowest BCUT2D eigenvalue weighted by Gasteiger charge is -2.34. The Morgan fingerprint density at radius 3 is 2.61 bits per heavy atom. The van der Waals surface area contributed by atoms with Crippen molar-refractivity contribution in [1.82, 2.24) is 24.7 Å². The molecule has 2 aromatic heterocycles. The molecule has 0 saturated carbocycles. The summed E-state index contributed by atoms with van der Waals surface area (Å²) in [6.07, 6.45) is -1.53. The molecule has 0 radical (unpaired) electrons. The standard InChI is InChI=1S/C20H22F2N6/c21-19(22)20-24-23-17-6-7-18(25-28(17)20)27-12-15-8-9-26(11-16(15)13-27)10-14-4-2-1-3-5-14/h1-7,15-16,19H,8-13H2/t15-,16+/m0/s1. The highest BCUT2D eigenvalue weighted by Crippen LogP contribution is 2.34. The number of rotatable bonds is 4. The second-order valence-corrected chi connectivity index (χ2v) is 7.75. The van der Waals surface area contributed by atoms with Gasteiger partial charge in [-0.1, -0.05) is 30.3 Å². The van der Waals surface area contributed by atoms with Gasteiger partial charge in [0.15, 0.2) is 5.65 Å². The molecule has 0 unspecified atom stereocenters. The van der Waals surface area contributed by atoms with Gasteiger partial charge in [0, 0.05) is 26.2 Å². The fourth-order valence-corrected chi connectivity index (χ4v) is 4.52. The number of alkyl halides is 2. The number of aromatic nitrogens is 4. The molecule has 0 spiro atoms.